The van der Waals surface area contributed by atoms with Crippen LogP contribution in [-0.2, 0) is 0 Å². The van der Waals surface area contributed by atoms with Gasteiger partial charge >= 0.3 is 0 Å². The van der Waals surface area contributed by atoms with Crippen molar-refractivity contribution in [3.05, 3.63) is 0 Å². The van der Waals surface area contributed by atoms with Gasteiger partial charge in [-0.1, -0.05) is 0 Å². The average Bonchev–Trinajstić information content (AvgIpc) is 1.83. The van der Waals surface area contributed by atoms with Crippen LogP contribution in [0.3, 0.4) is 0 Å². The molecule has 0 rings (SSSR count). The molecule has 0 aromatic carbocycles. The summed E-state index contributed by atoms with van der Waals surface area (Å²) in [7, 11) is 0. The van der Waals surface area contributed by atoms with E-state index in [2.05, 4.69) is 0 Å². The molecule has 3 nitrogen and oxygen atoms in total. The molecule has 0 aliphatic heterocycles. The standard InChI is InChI=1S/C9H20O3/c1-8(2,11)4-5-9(3,12)6-7-10/h10-12H,4-7H2,1-3H3. The summed E-state index contributed by atoms with van der Waals surface area (Å²) in [5.74, 6) is 0. The lowest BCUT2D eigenvalue weighted by Crippen LogP contribution is -2.30. The molecule has 1 unspecified atom stereocenters. The Hall–Kier alpha value is -0.120. The first kappa shape index (κ1) is 11.9. The molecular weight excluding hydrogens is 156 g/mol. The monoisotopic (exact) mass is 176 g/mol. The molecule has 0 spiro atoms. The van der Waals surface area contributed by atoms with Crippen LogP contribution in [0.25, 0.3) is 0 Å². The van der Waals surface area contributed by atoms with Gasteiger partial charge in [-0.15, -0.1) is 0 Å². The number of hydrogen-bond acceptors (Lipinski definition) is 3. The van der Waals surface area contributed by atoms with E-state index in [1.165, 1.54) is 0 Å². The van der Waals surface area contributed by atoms with Crippen LogP contribution in [0.4, 0.5) is 0 Å². The van der Waals surface area contributed by atoms with E-state index in [9.17, 15) is 10.2 Å². The molecule has 3 heteroatoms. The Labute approximate surface area is 74.0 Å². The lowest BCUT2D eigenvalue weighted by atomic mass is 9.91. The molecule has 0 aliphatic carbocycles. The van der Waals surface area contributed by atoms with E-state index in [1.54, 1.807) is 20.8 Å². The Morgan fingerprint density at radius 3 is 1.75 bits per heavy atom. The zero-order valence-corrected chi connectivity index (χ0v) is 8.17. The minimum atomic E-state index is -0.852. The molecule has 74 valence electrons. The summed E-state index contributed by atoms with van der Waals surface area (Å²) in [6, 6.07) is 0. The van der Waals surface area contributed by atoms with Gasteiger partial charge in [0.2, 0.25) is 0 Å². The van der Waals surface area contributed by atoms with Gasteiger partial charge in [0.05, 0.1) is 11.2 Å². The van der Waals surface area contributed by atoms with Gasteiger partial charge in [-0.2, -0.15) is 0 Å². The largest absolute Gasteiger partial charge is 0.396 e. The highest BCUT2D eigenvalue weighted by Crippen LogP contribution is 2.21. The highest BCUT2D eigenvalue weighted by molar-refractivity contribution is 4.76. The summed E-state index contributed by atoms with van der Waals surface area (Å²) in [5, 5.41) is 27.6. The second-order valence-corrected chi connectivity index (χ2v) is 4.28. The fourth-order valence-electron chi connectivity index (χ4n) is 0.941. The molecule has 1 atom stereocenters. The van der Waals surface area contributed by atoms with E-state index in [4.69, 9.17) is 5.11 Å². The first-order valence-corrected chi connectivity index (χ1v) is 4.32. The molecule has 3 N–H and O–H groups in total. The Balaban J connectivity index is 3.75. The third-order valence-electron chi connectivity index (χ3n) is 1.93. The van der Waals surface area contributed by atoms with Gasteiger partial charge in [0.25, 0.3) is 0 Å². The minimum Gasteiger partial charge on any atom is -0.396 e. The lowest BCUT2D eigenvalue weighted by Gasteiger charge is -2.26. The second kappa shape index (κ2) is 4.21. The van der Waals surface area contributed by atoms with Gasteiger partial charge in [-0.3, -0.25) is 0 Å². The van der Waals surface area contributed by atoms with Crippen LogP contribution < -0.4 is 0 Å². The minimum absolute atomic E-state index is 0.0150. The van der Waals surface area contributed by atoms with Crippen molar-refractivity contribution in [2.24, 2.45) is 0 Å². The van der Waals surface area contributed by atoms with Crippen LogP contribution >= 0.6 is 0 Å². The van der Waals surface area contributed by atoms with Gasteiger partial charge in [-0.25, -0.2) is 0 Å². The van der Waals surface area contributed by atoms with E-state index in [0.29, 0.717) is 19.3 Å². The van der Waals surface area contributed by atoms with Crippen molar-refractivity contribution in [1.82, 2.24) is 0 Å². The number of hydrogen-bond donors (Lipinski definition) is 3. The van der Waals surface area contributed by atoms with E-state index in [-0.39, 0.29) is 6.61 Å². The Kier molecular flexibility index (Phi) is 4.17. The predicted molar refractivity (Wildman–Crippen MR) is 47.9 cm³/mol. The predicted octanol–water partition coefficient (Wildman–Crippen LogP) is 0.671. The number of rotatable bonds is 5. The maximum Gasteiger partial charge on any atom is 0.0642 e. The van der Waals surface area contributed by atoms with Crippen molar-refractivity contribution >= 4 is 0 Å². The number of aliphatic hydroxyl groups excluding tert-OH is 1. The van der Waals surface area contributed by atoms with Crippen molar-refractivity contribution in [3.8, 4) is 0 Å². The molecule has 0 aromatic rings. The second-order valence-electron chi connectivity index (χ2n) is 4.28. The summed E-state index contributed by atoms with van der Waals surface area (Å²) in [5.41, 5.74) is -1.59. The Morgan fingerprint density at radius 1 is 0.917 bits per heavy atom. The summed E-state index contributed by atoms with van der Waals surface area (Å²) in [6.07, 6.45) is 1.42. The number of aliphatic hydroxyl groups is 3. The molecule has 0 aromatic heterocycles. The first-order valence-electron chi connectivity index (χ1n) is 4.32. The third kappa shape index (κ3) is 6.58. The quantitative estimate of drug-likeness (QED) is 0.577. The lowest BCUT2D eigenvalue weighted by molar-refractivity contribution is -0.00764. The molecule has 0 amide bonds. The maximum atomic E-state index is 9.61. The Morgan fingerprint density at radius 2 is 1.42 bits per heavy atom. The van der Waals surface area contributed by atoms with Crippen molar-refractivity contribution in [3.63, 3.8) is 0 Å². The van der Waals surface area contributed by atoms with Crippen molar-refractivity contribution in [2.75, 3.05) is 6.61 Å². The van der Waals surface area contributed by atoms with Crippen LogP contribution in [0, 0.1) is 0 Å². The van der Waals surface area contributed by atoms with Gasteiger partial charge < -0.3 is 15.3 Å². The van der Waals surface area contributed by atoms with Crippen molar-refractivity contribution < 1.29 is 15.3 Å². The fraction of sp³-hybridized carbons (Fsp3) is 1.00. The van der Waals surface area contributed by atoms with Crippen LogP contribution in [-0.4, -0.2) is 33.1 Å². The Bertz CT molecular complexity index is 124. The summed E-state index contributed by atoms with van der Waals surface area (Å²) >= 11 is 0. The van der Waals surface area contributed by atoms with Gasteiger partial charge in [0, 0.05) is 6.61 Å². The summed E-state index contributed by atoms with van der Waals surface area (Å²) in [4.78, 5) is 0. The molecule has 0 saturated heterocycles. The van der Waals surface area contributed by atoms with E-state index >= 15 is 0 Å². The van der Waals surface area contributed by atoms with E-state index in [0.717, 1.165) is 0 Å². The van der Waals surface area contributed by atoms with Gasteiger partial charge in [0.1, 0.15) is 0 Å². The maximum absolute atomic E-state index is 9.61. The van der Waals surface area contributed by atoms with E-state index in [1.807, 2.05) is 0 Å². The smallest absolute Gasteiger partial charge is 0.0642 e. The fourth-order valence-corrected chi connectivity index (χ4v) is 0.941. The van der Waals surface area contributed by atoms with Gasteiger partial charge in [-0.05, 0) is 40.0 Å². The first-order chi connectivity index (χ1) is 5.27. The average molecular weight is 176 g/mol. The van der Waals surface area contributed by atoms with Crippen LogP contribution in [0.1, 0.15) is 40.0 Å². The van der Waals surface area contributed by atoms with Crippen LogP contribution in [0.15, 0.2) is 0 Å². The zero-order valence-electron chi connectivity index (χ0n) is 8.17. The molecule has 0 heterocycles. The highest BCUT2D eigenvalue weighted by atomic mass is 16.3. The summed E-state index contributed by atoms with van der Waals surface area (Å²) < 4.78 is 0. The zero-order chi connectivity index (χ0) is 9.83. The third-order valence-corrected chi connectivity index (χ3v) is 1.93. The highest BCUT2D eigenvalue weighted by Gasteiger charge is 2.23. The molecule has 0 saturated carbocycles. The van der Waals surface area contributed by atoms with Crippen LogP contribution in [0.5, 0.6) is 0 Å². The van der Waals surface area contributed by atoms with Crippen molar-refractivity contribution in [1.29, 1.82) is 0 Å². The molecule has 0 fully saturated rings. The van der Waals surface area contributed by atoms with E-state index < -0.39 is 11.2 Å². The molecule has 0 aliphatic rings. The van der Waals surface area contributed by atoms with Crippen molar-refractivity contribution in [2.45, 2.75) is 51.2 Å². The summed E-state index contributed by atoms with van der Waals surface area (Å²) in [6.45, 7) is 5.08. The topological polar surface area (TPSA) is 60.7 Å². The molecular formula is C9H20O3. The van der Waals surface area contributed by atoms with Crippen LogP contribution in [0.2, 0.25) is 0 Å². The van der Waals surface area contributed by atoms with Gasteiger partial charge in [0.15, 0.2) is 0 Å². The SMILES string of the molecule is CC(C)(O)CCC(C)(O)CCO. The molecule has 12 heavy (non-hydrogen) atoms. The molecule has 0 bridgehead atoms. The normalized spacial score (nSPS) is 17.5. The molecule has 0 radical (unpaired) electrons.